The second-order valence-corrected chi connectivity index (χ2v) is 6.91. The van der Waals surface area contributed by atoms with E-state index < -0.39 is 0 Å². The van der Waals surface area contributed by atoms with Gasteiger partial charge >= 0.3 is 0 Å². The number of hydrogen-bond acceptors (Lipinski definition) is 4. The van der Waals surface area contributed by atoms with Crippen molar-refractivity contribution in [2.24, 2.45) is 5.10 Å². The van der Waals surface area contributed by atoms with Crippen LogP contribution in [0, 0.1) is 22.3 Å². The molecule has 0 fully saturated rings. The van der Waals surface area contributed by atoms with E-state index in [2.05, 4.69) is 20.4 Å². The van der Waals surface area contributed by atoms with E-state index in [1.807, 2.05) is 37.4 Å². The van der Waals surface area contributed by atoms with Crippen LogP contribution >= 0.6 is 24.4 Å². The molecule has 0 aliphatic rings. The maximum Gasteiger partial charge on any atom is 0.215 e. The number of aromatic amines is 2. The van der Waals surface area contributed by atoms with Crippen molar-refractivity contribution in [3.63, 3.8) is 0 Å². The number of aromatic nitrogens is 5. The Labute approximate surface area is 170 Å². The standard InChI is InChI=1S/C19H15FN6S2/c1-12-2-4-13(5-3-12)17-14(10-21-26-18(27)22-23-19(26)28)11-25(24-17)16-8-6-15(20)7-9-16/h2-11H,1H3,(H,22,27)(H,23,28)/b21-10-. The van der Waals surface area contributed by atoms with Crippen LogP contribution in [0.5, 0.6) is 0 Å². The fraction of sp³-hybridized carbons (Fsp3) is 0.0526. The minimum atomic E-state index is -0.299. The molecular formula is C19H15FN6S2. The predicted molar refractivity (Wildman–Crippen MR) is 111 cm³/mol. The van der Waals surface area contributed by atoms with Gasteiger partial charge in [-0.25, -0.2) is 9.07 Å². The fourth-order valence-corrected chi connectivity index (χ4v) is 3.11. The van der Waals surface area contributed by atoms with Gasteiger partial charge in [0, 0.05) is 17.3 Å². The maximum atomic E-state index is 13.3. The van der Waals surface area contributed by atoms with Crippen molar-refractivity contribution < 1.29 is 4.39 Å². The lowest BCUT2D eigenvalue weighted by molar-refractivity contribution is 0.627. The highest BCUT2D eigenvalue weighted by Crippen LogP contribution is 2.23. The van der Waals surface area contributed by atoms with E-state index in [0.717, 1.165) is 28.1 Å². The number of hydrogen-bond donors (Lipinski definition) is 2. The summed E-state index contributed by atoms with van der Waals surface area (Å²) < 4.78 is 17.1. The van der Waals surface area contributed by atoms with Crippen LogP contribution < -0.4 is 0 Å². The molecular weight excluding hydrogens is 395 g/mol. The second-order valence-electron chi connectivity index (χ2n) is 6.14. The highest BCUT2D eigenvalue weighted by atomic mass is 32.1. The van der Waals surface area contributed by atoms with Gasteiger partial charge in [-0.05, 0) is 55.6 Å². The Bertz CT molecular complexity index is 1230. The van der Waals surface area contributed by atoms with Crippen LogP contribution in [0.25, 0.3) is 16.9 Å². The number of H-pyrrole nitrogens is 2. The Balaban J connectivity index is 1.83. The smallest absolute Gasteiger partial charge is 0.215 e. The molecule has 28 heavy (non-hydrogen) atoms. The van der Waals surface area contributed by atoms with Gasteiger partial charge in [-0.1, -0.05) is 29.8 Å². The first-order chi connectivity index (χ1) is 13.5. The first kappa shape index (κ1) is 18.2. The molecule has 0 aliphatic heterocycles. The van der Waals surface area contributed by atoms with Gasteiger partial charge in [0.1, 0.15) is 11.5 Å². The summed E-state index contributed by atoms with van der Waals surface area (Å²) in [6.07, 6.45) is 3.48. The van der Waals surface area contributed by atoms with Crippen molar-refractivity contribution in [1.82, 2.24) is 24.7 Å². The maximum absolute atomic E-state index is 13.3. The van der Waals surface area contributed by atoms with Crippen molar-refractivity contribution >= 4 is 30.7 Å². The number of halogens is 1. The molecule has 2 aromatic heterocycles. The van der Waals surface area contributed by atoms with Crippen LogP contribution in [0.4, 0.5) is 4.39 Å². The molecule has 4 aromatic rings. The number of nitrogens with one attached hydrogen (secondary N) is 2. The summed E-state index contributed by atoms with van der Waals surface area (Å²) in [4.78, 5) is 0. The lowest BCUT2D eigenvalue weighted by Crippen LogP contribution is -1.94. The number of aryl methyl sites for hydroxylation is 1. The molecule has 2 N–H and O–H groups in total. The predicted octanol–water partition coefficient (Wildman–Crippen LogP) is 4.79. The first-order valence-corrected chi connectivity index (χ1v) is 9.19. The van der Waals surface area contributed by atoms with Crippen molar-refractivity contribution in [2.45, 2.75) is 6.92 Å². The minimum Gasteiger partial charge on any atom is -0.273 e. The van der Waals surface area contributed by atoms with Gasteiger partial charge in [-0.2, -0.15) is 14.9 Å². The molecule has 0 bridgehead atoms. The monoisotopic (exact) mass is 410 g/mol. The zero-order valence-corrected chi connectivity index (χ0v) is 16.4. The van der Waals surface area contributed by atoms with Crippen molar-refractivity contribution in [1.29, 1.82) is 0 Å². The molecule has 9 heteroatoms. The van der Waals surface area contributed by atoms with Crippen LogP contribution in [-0.4, -0.2) is 30.9 Å². The number of benzene rings is 2. The molecule has 4 rings (SSSR count). The van der Waals surface area contributed by atoms with Crippen LogP contribution in [0.15, 0.2) is 59.8 Å². The Morgan fingerprint density at radius 2 is 1.64 bits per heavy atom. The summed E-state index contributed by atoms with van der Waals surface area (Å²) in [5.41, 5.74) is 4.35. The summed E-state index contributed by atoms with van der Waals surface area (Å²) in [7, 11) is 0. The average Bonchev–Trinajstić information content (AvgIpc) is 3.25. The quantitative estimate of drug-likeness (QED) is 0.376. The van der Waals surface area contributed by atoms with E-state index in [-0.39, 0.29) is 5.82 Å². The molecule has 6 nitrogen and oxygen atoms in total. The van der Waals surface area contributed by atoms with Gasteiger partial charge in [0.25, 0.3) is 0 Å². The van der Waals surface area contributed by atoms with Gasteiger partial charge in [0.2, 0.25) is 9.54 Å². The number of rotatable bonds is 4. The highest BCUT2D eigenvalue weighted by Gasteiger charge is 2.11. The molecule has 2 heterocycles. The molecule has 0 spiro atoms. The summed E-state index contributed by atoms with van der Waals surface area (Å²) in [5, 5.41) is 14.5. The summed E-state index contributed by atoms with van der Waals surface area (Å²) in [5.74, 6) is -0.299. The largest absolute Gasteiger partial charge is 0.273 e. The van der Waals surface area contributed by atoms with Crippen LogP contribution in [-0.2, 0) is 0 Å². The molecule has 0 aliphatic carbocycles. The third-order valence-electron chi connectivity index (χ3n) is 4.13. The third-order valence-corrected chi connectivity index (χ3v) is 4.68. The van der Waals surface area contributed by atoms with Crippen LogP contribution in [0.3, 0.4) is 0 Å². The molecule has 0 saturated heterocycles. The second kappa shape index (κ2) is 7.45. The molecule has 0 radical (unpaired) electrons. The Morgan fingerprint density at radius 1 is 1.00 bits per heavy atom. The zero-order valence-electron chi connectivity index (χ0n) is 14.8. The minimum absolute atomic E-state index is 0.299. The van der Waals surface area contributed by atoms with Gasteiger partial charge in [0.15, 0.2) is 0 Å². The molecule has 140 valence electrons. The number of nitrogens with zero attached hydrogens (tertiary/aromatic N) is 4. The van der Waals surface area contributed by atoms with Crippen molar-refractivity contribution in [2.75, 3.05) is 0 Å². The first-order valence-electron chi connectivity index (χ1n) is 8.38. The van der Waals surface area contributed by atoms with Gasteiger partial charge in [-0.3, -0.25) is 10.2 Å². The molecule has 2 aromatic carbocycles. The van der Waals surface area contributed by atoms with Gasteiger partial charge in [-0.15, -0.1) is 0 Å². The summed E-state index contributed by atoms with van der Waals surface area (Å²) in [6, 6.07) is 14.2. The van der Waals surface area contributed by atoms with Crippen molar-refractivity contribution in [3.8, 4) is 16.9 Å². The molecule has 0 unspecified atom stereocenters. The Morgan fingerprint density at radius 3 is 2.29 bits per heavy atom. The molecule has 0 saturated carbocycles. The summed E-state index contributed by atoms with van der Waals surface area (Å²) >= 11 is 10.3. The lowest BCUT2D eigenvalue weighted by Gasteiger charge is -2.01. The Kier molecular flexibility index (Phi) is 4.84. The van der Waals surface area contributed by atoms with E-state index in [4.69, 9.17) is 24.4 Å². The average molecular weight is 411 g/mol. The Hall–Kier alpha value is -3.17. The normalized spacial score (nSPS) is 11.4. The topological polar surface area (TPSA) is 66.7 Å². The fourth-order valence-electron chi connectivity index (χ4n) is 2.67. The van der Waals surface area contributed by atoms with E-state index in [1.165, 1.54) is 16.8 Å². The van der Waals surface area contributed by atoms with Crippen LogP contribution in [0.1, 0.15) is 11.1 Å². The van der Waals surface area contributed by atoms with E-state index in [0.29, 0.717) is 9.54 Å². The SMILES string of the molecule is Cc1ccc(-c2nn(-c3ccc(F)cc3)cc2/C=N\n2c(=S)[nH][nH]c2=S)cc1. The van der Waals surface area contributed by atoms with E-state index in [9.17, 15) is 4.39 Å². The molecule has 0 atom stereocenters. The van der Waals surface area contributed by atoms with Crippen LogP contribution in [0.2, 0.25) is 0 Å². The van der Waals surface area contributed by atoms with Gasteiger partial charge in [0.05, 0.1) is 11.9 Å². The summed E-state index contributed by atoms with van der Waals surface area (Å²) in [6.45, 7) is 2.03. The molecule has 0 amide bonds. The third kappa shape index (κ3) is 3.62. The van der Waals surface area contributed by atoms with Gasteiger partial charge < -0.3 is 0 Å². The van der Waals surface area contributed by atoms with E-state index >= 15 is 0 Å². The van der Waals surface area contributed by atoms with E-state index in [1.54, 1.807) is 23.0 Å². The van der Waals surface area contributed by atoms with Crippen molar-refractivity contribution in [3.05, 3.63) is 81.2 Å². The zero-order chi connectivity index (χ0) is 19.7. The highest BCUT2D eigenvalue weighted by molar-refractivity contribution is 7.72. The lowest BCUT2D eigenvalue weighted by atomic mass is 10.1.